The van der Waals surface area contributed by atoms with Crippen molar-refractivity contribution in [3.8, 4) is 17.2 Å². The van der Waals surface area contributed by atoms with E-state index in [0.717, 1.165) is 11.3 Å². The van der Waals surface area contributed by atoms with Crippen LogP contribution in [0, 0.1) is 5.92 Å². The minimum atomic E-state index is -0.191. The fraction of sp³-hybridized carbons (Fsp3) is 0.350. The summed E-state index contributed by atoms with van der Waals surface area (Å²) in [5.41, 5.74) is 1.49. The van der Waals surface area contributed by atoms with E-state index in [1.54, 1.807) is 33.5 Å². The second-order valence-corrected chi connectivity index (χ2v) is 6.96. The summed E-state index contributed by atoms with van der Waals surface area (Å²) in [5.74, 6) is 1.89. The minimum absolute atomic E-state index is 0.131. The molecular formula is C20H24BrNO4. The Morgan fingerprint density at radius 1 is 0.962 bits per heavy atom. The van der Waals surface area contributed by atoms with E-state index in [1.807, 2.05) is 24.3 Å². The molecule has 5 nitrogen and oxygen atoms in total. The molecule has 2 aromatic carbocycles. The molecule has 0 aliphatic carbocycles. The van der Waals surface area contributed by atoms with Gasteiger partial charge in [-0.15, -0.1) is 0 Å². The van der Waals surface area contributed by atoms with Gasteiger partial charge in [0.25, 0.3) is 5.91 Å². The van der Waals surface area contributed by atoms with Crippen molar-refractivity contribution < 1.29 is 19.0 Å². The minimum Gasteiger partial charge on any atom is -0.497 e. The van der Waals surface area contributed by atoms with Crippen LogP contribution < -0.4 is 19.5 Å². The second kappa shape index (κ2) is 8.94. The van der Waals surface area contributed by atoms with Crippen LogP contribution in [0.4, 0.5) is 0 Å². The normalized spacial score (nSPS) is 11.8. The lowest BCUT2D eigenvalue weighted by atomic mass is 9.95. The number of ether oxygens (including phenoxy) is 3. The molecule has 0 radical (unpaired) electrons. The van der Waals surface area contributed by atoms with Gasteiger partial charge in [-0.2, -0.15) is 0 Å². The molecule has 26 heavy (non-hydrogen) atoms. The zero-order valence-corrected chi connectivity index (χ0v) is 17.2. The van der Waals surface area contributed by atoms with E-state index >= 15 is 0 Å². The van der Waals surface area contributed by atoms with Crippen molar-refractivity contribution >= 4 is 21.8 Å². The molecule has 0 spiro atoms. The highest BCUT2D eigenvalue weighted by molar-refractivity contribution is 9.10. The van der Waals surface area contributed by atoms with Gasteiger partial charge in [0.15, 0.2) is 0 Å². The number of rotatable bonds is 7. The molecule has 2 rings (SSSR count). The van der Waals surface area contributed by atoms with Crippen LogP contribution >= 0.6 is 15.9 Å². The lowest BCUT2D eigenvalue weighted by Gasteiger charge is -2.23. The first-order valence-corrected chi connectivity index (χ1v) is 9.06. The Bertz CT molecular complexity index is 734. The average molecular weight is 422 g/mol. The zero-order valence-electron chi connectivity index (χ0n) is 15.6. The molecule has 0 aromatic heterocycles. The third kappa shape index (κ3) is 4.49. The van der Waals surface area contributed by atoms with Gasteiger partial charge in [-0.3, -0.25) is 4.79 Å². The number of carbonyl (C=O) groups excluding carboxylic acids is 1. The van der Waals surface area contributed by atoms with Crippen LogP contribution in [0.25, 0.3) is 0 Å². The lowest BCUT2D eigenvalue weighted by Crippen LogP contribution is -2.31. The van der Waals surface area contributed by atoms with Gasteiger partial charge in [0.05, 0.1) is 27.4 Å². The van der Waals surface area contributed by atoms with E-state index in [-0.39, 0.29) is 17.9 Å². The summed E-state index contributed by atoms with van der Waals surface area (Å²) in [6, 6.07) is 11.0. The Morgan fingerprint density at radius 3 is 1.92 bits per heavy atom. The Morgan fingerprint density at radius 2 is 1.50 bits per heavy atom. The van der Waals surface area contributed by atoms with Crippen LogP contribution in [0.3, 0.4) is 0 Å². The maximum Gasteiger partial charge on any atom is 0.252 e. The molecule has 0 heterocycles. The zero-order chi connectivity index (χ0) is 19.3. The fourth-order valence-electron chi connectivity index (χ4n) is 2.67. The molecule has 2 aromatic rings. The molecule has 0 fully saturated rings. The third-order valence-electron chi connectivity index (χ3n) is 4.14. The highest BCUT2D eigenvalue weighted by atomic mass is 79.9. The molecule has 1 unspecified atom stereocenters. The first-order chi connectivity index (χ1) is 12.4. The largest absolute Gasteiger partial charge is 0.497 e. The molecule has 1 amide bonds. The smallest absolute Gasteiger partial charge is 0.252 e. The van der Waals surface area contributed by atoms with Crippen LogP contribution in [0.15, 0.2) is 40.9 Å². The van der Waals surface area contributed by atoms with Crippen molar-refractivity contribution in [2.75, 3.05) is 21.3 Å². The van der Waals surface area contributed by atoms with E-state index in [9.17, 15) is 4.79 Å². The van der Waals surface area contributed by atoms with Crippen molar-refractivity contribution in [2.45, 2.75) is 19.9 Å². The van der Waals surface area contributed by atoms with Gasteiger partial charge in [0.1, 0.15) is 21.7 Å². The third-order valence-corrected chi connectivity index (χ3v) is 4.92. The SMILES string of the molecule is COc1ccc(C(NC(=O)c2cc(OC)c(Br)c(OC)c2)C(C)C)cc1. The molecule has 0 saturated heterocycles. The van der Waals surface area contributed by atoms with Gasteiger partial charge < -0.3 is 19.5 Å². The number of carbonyl (C=O) groups is 1. The molecule has 1 atom stereocenters. The summed E-state index contributed by atoms with van der Waals surface area (Å²) in [4.78, 5) is 12.8. The van der Waals surface area contributed by atoms with Gasteiger partial charge in [-0.05, 0) is 51.7 Å². The number of amides is 1. The molecule has 140 valence electrons. The molecule has 1 N–H and O–H groups in total. The van der Waals surface area contributed by atoms with Gasteiger partial charge >= 0.3 is 0 Å². The number of methoxy groups -OCH3 is 3. The van der Waals surface area contributed by atoms with Crippen molar-refractivity contribution in [3.63, 3.8) is 0 Å². The van der Waals surface area contributed by atoms with Crippen molar-refractivity contribution in [2.24, 2.45) is 5.92 Å². The van der Waals surface area contributed by atoms with Gasteiger partial charge in [0, 0.05) is 5.56 Å². The Kier molecular flexibility index (Phi) is 6.91. The highest BCUT2D eigenvalue weighted by Crippen LogP contribution is 2.36. The number of halogens is 1. The van der Waals surface area contributed by atoms with Crippen LogP contribution in [-0.2, 0) is 0 Å². The quantitative estimate of drug-likeness (QED) is 0.709. The maximum absolute atomic E-state index is 12.8. The number of benzene rings is 2. The Hall–Kier alpha value is -2.21. The van der Waals surface area contributed by atoms with E-state index in [4.69, 9.17) is 14.2 Å². The van der Waals surface area contributed by atoms with Crippen LogP contribution in [-0.4, -0.2) is 27.2 Å². The van der Waals surface area contributed by atoms with Crippen molar-refractivity contribution in [3.05, 3.63) is 52.0 Å². The van der Waals surface area contributed by atoms with Crippen LogP contribution in [0.2, 0.25) is 0 Å². The predicted octanol–water partition coefficient (Wildman–Crippen LogP) is 4.60. The summed E-state index contributed by atoms with van der Waals surface area (Å²) >= 11 is 3.42. The van der Waals surface area contributed by atoms with E-state index in [1.165, 1.54) is 0 Å². The monoisotopic (exact) mass is 421 g/mol. The highest BCUT2D eigenvalue weighted by Gasteiger charge is 2.21. The lowest BCUT2D eigenvalue weighted by molar-refractivity contribution is 0.0925. The van der Waals surface area contributed by atoms with Crippen LogP contribution in [0.1, 0.15) is 35.8 Å². The van der Waals surface area contributed by atoms with E-state index in [0.29, 0.717) is 21.5 Å². The predicted molar refractivity (Wildman–Crippen MR) is 105 cm³/mol. The molecule has 0 saturated carbocycles. The van der Waals surface area contributed by atoms with Crippen molar-refractivity contribution in [1.82, 2.24) is 5.32 Å². The van der Waals surface area contributed by atoms with E-state index in [2.05, 4.69) is 35.1 Å². The summed E-state index contributed by atoms with van der Waals surface area (Å²) in [6.45, 7) is 4.13. The summed E-state index contributed by atoms with van der Waals surface area (Å²) in [7, 11) is 4.73. The van der Waals surface area contributed by atoms with Crippen molar-refractivity contribution in [1.29, 1.82) is 0 Å². The van der Waals surface area contributed by atoms with Gasteiger partial charge in [-0.1, -0.05) is 26.0 Å². The number of hydrogen-bond donors (Lipinski definition) is 1. The molecular weight excluding hydrogens is 398 g/mol. The second-order valence-electron chi connectivity index (χ2n) is 6.16. The molecule has 0 aliphatic rings. The maximum atomic E-state index is 12.8. The number of nitrogens with one attached hydrogen (secondary N) is 1. The Balaban J connectivity index is 2.30. The average Bonchev–Trinajstić information content (AvgIpc) is 2.65. The van der Waals surface area contributed by atoms with Gasteiger partial charge in [0.2, 0.25) is 0 Å². The van der Waals surface area contributed by atoms with Crippen LogP contribution in [0.5, 0.6) is 17.2 Å². The molecule has 0 bridgehead atoms. The molecule has 0 aliphatic heterocycles. The number of hydrogen-bond acceptors (Lipinski definition) is 4. The topological polar surface area (TPSA) is 56.8 Å². The van der Waals surface area contributed by atoms with E-state index < -0.39 is 0 Å². The first-order valence-electron chi connectivity index (χ1n) is 8.27. The molecule has 6 heteroatoms. The van der Waals surface area contributed by atoms with Gasteiger partial charge in [-0.25, -0.2) is 0 Å². The summed E-state index contributed by atoms with van der Waals surface area (Å²) in [5, 5.41) is 3.10. The Labute approximate surface area is 162 Å². The fourth-order valence-corrected chi connectivity index (χ4v) is 3.22. The summed E-state index contributed by atoms with van der Waals surface area (Å²) in [6.07, 6.45) is 0. The first kappa shape index (κ1) is 20.1. The standard InChI is InChI=1S/C20H24BrNO4/c1-12(2)19(13-6-8-15(24-3)9-7-13)22-20(23)14-10-16(25-4)18(21)17(11-14)26-5/h6-12,19H,1-5H3,(H,22,23). The summed E-state index contributed by atoms with van der Waals surface area (Å²) < 4.78 is 16.5.